The van der Waals surface area contributed by atoms with Gasteiger partial charge in [-0.2, -0.15) is 5.10 Å². The number of ether oxygens (including phenoxy) is 2. The van der Waals surface area contributed by atoms with Crippen LogP contribution in [0.4, 0.5) is 0 Å². The molecule has 0 unspecified atom stereocenters. The third-order valence-electron chi connectivity index (χ3n) is 4.62. The number of likely N-dealkylation sites (tertiary alicyclic amines) is 1. The summed E-state index contributed by atoms with van der Waals surface area (Å²) in [6, 6.07) is 7.71. The van der Waals surface area contributed by atoms with Crippen LogP contribution in [0.15, 0.2) is 30.6 Å². The van der Waals surface area contributed by atoms with Gasteiger partial charge in [-0.3, -0.25) is 14.3 Å². The number of carbonyl (C=O) groups is 1. The fraction of sp³-hybridized carbons (Fsp3) is 0.500. The zero-order chi connectivity index (χ0) is 18.5. The van der Waals surface area contributed by atoms with Crippen molar-refractivity contribution in [1.29, 1.82) is 0 Å². The van der Waals surface area contributed by atoms with Gasteiger partial charge in [-0.1, -0.05) is 12.1 Å². The van der Waals surface area contributed by atoms with Crippen LogP contribution in [0.2, 0.25) is 0 Å². The van der Waals surface area contributed by atoms with Crippen molar-refractivity contribution in [3.8, 4) is 11.4 Å². The van der Waals surface area contributed by atoms with Gasteiger partial charge >= 0.3 is 5.97 Å². The molecule has 3 rings (SSSR count). The van der Waals surface area contributed by atoms with Gasteiger partial charge < -0.3 is 9.47 Å². The largest absolute Gasteiger partial charge is 0.495 e. The smallest absolute Gasteiger partial charge is 0.309 e. The van der Waals surface area contributed by atoms with Crippen LogP contribution in [-0.2, 0) is 16.2 Å². The highest BCUT2D eigenvalue weighted by molar-refractivity contribution is 7.71. The van der Waals surface area contributed by atoms with E-state index in [9.17, 15) is 4.79 Å². The summed E-state index contributed by atoms with van der Waals surface area (Å²) in [6.07, 6.45) is 3.32. The summed E-state index contributed by atoms with van der Waals surface area (Å²) in [5.41, 5.74) is 0.868. The van der Waals surface area contributed by atoms with Crippen molar-refractivity contribution in [3.05, 3.63) is 35.4 Å². The number of esters is 1. The van der Waals surface area contributed by atoms with Crippen LogP contribution in [0, 0.1) is 10.7 Å². The zero-order valence-electron chi connectivity index (χ0n) is 15.1. The van der Waals surface area contributed by atoms with Gasteiger partial charge in [-0.15, -0.1) is 0 Å². The highest BCUT2D eigenvalue weighted by atomic mass is 32.1. The molecule has 0 atom stereocenters. The van der Waals surface area contributed by atoms with Gasteiger partial charge in [-0.05, 0) is 44.1 Å². The minimum Gasteiger partial charge on any atom is -0.495 e. The van der Waals surface area contributed by atoms with Crippen LogP contribution in [-0.4, -0.2) is 52.0 Å². The van der Waals surface area contributed by atoms with Crippen molar-refractivity contribution in [2.45, 2.75) is 26.4 Å². The van der Waals surface area contributed by atoms with E-state index in [1.54, 1.807) is 18.1 Å². The van der Waals surface area contributed by atoms with Gasteiger partial charge in [-0.25, -0.2) is 4.68 Å². The van der Waals surface area contributed by atoms with Crippen molar-refractivity contribution in [1.82, 2.24) is 19.2 Å². The maximum atomic E-state index is 11.8. The maximum Gasteiger partial charge on any atom is 0.309 e. The van der Waals surface area contributed by atoms with Crippen molar-refractivity contribution < 1.29 is 14.3 Å². The molecule has 0 amide bonds. The number of rotatable bonds is 6. The fourth-order valence-electron chi connectivity index (χ4n) is 3.19. The second-order valence-electron chi connectivity index (χ2n) is 6.24. The average molecular weight is 376 g/mol. The number of benzene rings is 1. The van der Waals surface area contributed by atoms with Gasteiger partial charge in [0.2, 0.25) is 4.77 Å². The minimum absolute atomic E-state index is 0.00492. The third kappa shape index (κ3) is 3.96. The summed E-state index contributed by atoms with van der Waals surface area (Å²) in [5.74, 6) is 0.674. The molecule has 2 aromatic rings. The Hall–Kier alpha value is -2.19. The second-order valence-corrected chi connectivity index (χ2v) is 6.61. The van der Waals surface area contributed by atoms with Gasteiger partial charge in [0.15, 0.2) is 0 Å². The Morgan fingerprint density at radius 2 is 2.04 bits per heavy atom. The lowest BCUT2D eigenvalue weighted by Crippen LogP contribution is -2.38. The second kappa shape index (κ2) is 8.46. The molecule has 0 bridgehead atoms. The topological polar surface area (TPSA) is 61.5 Å². The van der Waals surface area contributed by atoms with Crippen LogP contribution in [0.5, 0.6) is 5.75 Å². The first-order valence-corrected chi connectivity index (χ1v) is 9.21. The summed E-state index contributed by atoms with van der Waals surface area (Å²) < 4.78 is 14.8. The molecule has 2 heterocycles. The molecule has 0 radical (unpaired) electrons. The number of hydrogen-bond donors (Lipinski definition) is 0. The SMILES string of the molecule is CCOC(=O)C1CCN(Cn2ncn(-c3ccccc3OC)c2=S)CC1. The van der Waals surface area contributed by atoms with E-state index in [0.29, 0.717) is 18.0 Å². The molecule has 7 nitrogen and oxygen atoms in total. The average Bonchev–Trinajstić information content (AvgIpc) is 3.02. The molecule has 140 valence electrons. The monoisotopic (exact) mass is 376 g/mol. The Morgan fingerprint density at radius 3 is 2.73 bits per heavy atom. The lowest BCUT2D eigenvalue weighted by atomic mass is 9.97. The molecule has 1 saturated heterocycles. The number of aromatic nitrogens is 3. The molecule has 0 aliphatic carbocycles. The van der Waals surface area contributed by atoms with Crippen molar-refractivity contribution in [2.24, 2.45) is 5.92 Å². The van der Waals surface area contributed by atoms with E-state index in [1.165, 1.54) is 0 Å². The molecule has 1 fully saturated rings. The van der Waals surface area contributed by atoms with Crippen LogP contribution in [0.3, 0.4) is 0 Å². The lowest BCUT2D eigenvalue weighted by Gasteiger charge is -2.30. The fourth-order valence-corrected chi connectivity index (χ4v) is 3.44. The zero-order valence-corrected chi connectivity index (χ0v) is 15.9. The van der Waals surface area contributed by atoms with E-state index in [-0.39, 0.29) is 11.9 Å². The molecule has 0 saturated carbocycles. The van der Waals surface area contributed by atoms with Crippen LogP contribution in [0.25, 0.3) is 5.69 Å². The molecule has 1 aromatic heterocycles. The quantitative estimate of drug-likeness (QED) is 0.571. The van der Waals surface area contributed by atoms with E-state index in [1.807, 2.05) is 35.8 Å². The van der Waals surface area contributed by atoms with Crippen molar-refractivity contribution in [3.63, 3.8) is 0 Å². The predicted octanol–water partition coefficient (Wildman–Crippen LogP) is 2.64. The van der Waals surface area contributed by atoms with Gasteiger partial charge in [0, 0.05) is 13.1 Å². The summed E-state index contributed by atoms with van der Waals surface area (Å²) in [4.78, 5) is 14.1. The standard InChI is InChI=1S/C18H24N4O3S/c1-3-25-17(23)14-8-10-20(11-9-14)13-22-18(26)21(12-19-22)15-6-4-5-7-16(15)24-2/h4-7,12,14H,3,8-11,13H2,1-2H3. The van der Waals surface area contributed by atoms with Crippen LogP contribution in [0.1, 0.15) is 19.8 Å². The summed E-state index contributed by atoms with van der Waals surface area (Å²) in [6.45, 7) is 4.54. The van der Waals surface area contributed by atoms with Crippen molar-refractivity contribution in [2.75, 3.05) is 26.8 Å². The van der Waals surface area contributed by atoms with E-state index in [0.717, 1.165) is 37.4 Å². The number of methoxy groups -OCH3 is 1. The highest BCUT2D eigenvalue weighted by Crippen LogP contribution is 2.23. The van der Waals surface area contributed by atoms with E-state index in [2.05, 4.69) is 10.00 Å². The van der Waals surface area contributed by atoms with Gasteiger partial charge in [0.1, 0.15) is 12.1 Å². The minimum atomic E-state index is -0.0794. The van der Waals surface area contributed by atoms with Gasteiger partial charge in [0.25, 0.3) is 0 Å². The van der Waals surface area contributed by atoms with Crippen LogP contribution < -0.4 is 4.74 Å². The van der Waals surface area contributed by atoms with Crippen LogP contribution >= 0.6 is 12.2 Å². The van der Waals surface area contributed by atoms with Gasteiger partial charge in [0.05, 0.1) is 32.0 Å². The molecule has 1 aliphatic rings. The van der Waals surface area contributed by atoms with E-state index < -0.39 is 0 Å². The Balaban J connectivity index is 1.67. The van der Waals surface area contributed by atoms with E-state index in [4.69, 9.17) is 21.7 Å². The summed E-state index contributed by atoms with van der Waals surface area (Å²) in [7, 11) is 1.64. The summed E-state index contributed by atoms with van der Waals surface area (Å²) in [5, 5.41) is 4.43. The predicted molar refractivity (Wildman–Crippen MR) is 99.9 cm³/mol. The number of para-hydroxylation sites is 2. The maximum absolute atomic E-state index is 11.8. The molecular formula is C18H24N4O3S. The third-order valence-corrected chi connectivity index (χ3v) is 5.03. The Kier molecular flexibility index (Phi) is 6.05. The first-order chi connectivity index (χ1) is 12.6. The molecule has 1 aliphatic heterocycles. The Labute approximate surface area is 158 Å². The Bertz CT molecular complexity index is 809. The number of nitrogens with zero attached hydrogens (tertiary/aromatic N) is 4. The molecule has 8 heteroatoms. The lowest BCUT2D eigenvalue weighted by molar-refractivity contribution is -0.149. The molecule has 1 aromatic carbocycles. The normalized spacial score (nSPS) is 15.8. The molecule has 0 N–H and O–H groups in total. The first-order valence-electron chi connectivity index (χ1n) is 8.81. The number of piperidine rings is 1. The number of hydrogen-bond acceptors (Lipinski definition) is 6. The highest BCUT2D eigenvalue weighted by Gasteiger charge is 2.26. The number of carbonyl (C=O) groups excluding carboxylic acids is 1. The van der Waals surface area contributed by atoms with E-state index >= 15 is 0 Å². The van der Waals surface area contributed by atoms with Crippen molar-refractivity contribution >= 4 is 18.2 Å². The first kappa shape index (κ1) is 18.6. The summed E-state index contributed by atoms with van der Waals surface area (Å²) >= 11 is 5.59. The molecule has 26 heavy (non-hydrogen) atoms. The molecule has 0 spiro atoms. The Morgan fingerprint density at radius 1 is 1.31 bits per heavy atom. The molecular weight excluding hydrogens is 352 g/mol.